The van der Waals surface area contributed by atoms with Crippen LogP contribution in [0.3, 0.4) is 0 Å². The number of hydrazone groups is 1. The van der Waals surface area contributed by atoms with Gasteiger partial charge in [0.1, 0.15) is 0 Å². The van der Waals surface area contributed by atoms with Crippen LogP contribution in [0, 0.1) is 0 Å². The Labute approximate surface area is 87.4 Å². The lowest BCUT2D eigenvalue weighted by atomic mass is 10.3. The number of nitrogens with zero attached hydrogens (tertiary/aromatic N) is 2. The van der Waals surface area contributed by atoms with Crippen molar-refractivity contribution in [1.82, 2.24) is 15.8 Å². The van der Waals surface area contributed by atoms with E-state index in [0.29, 0.717) is 0 Å². The molecular weight excluding hydrogens is 198 g/mol. The number of pyridine rings is 1. The van der Waals surface area contributed by atoms with Crippen LogP contribution < -0.4 is 16.7 Å². The van der Waals surface area contributed by atoms with Crippen LogP contribution in [-0.2, 0) is 0 Å². The highest BCUT2D eigenvalue weighted by Crippen LogP contribution is 1.94. The SMILES string of the molecule is C/C(=N/NC(=S)NN)c1ccccn1. The normalized spacial score (nSPS) is 10.9. The van der Waals surface area contributed by atoms with Gasteiger partial charge in [0.05, 0.1) is 11.4 Å². The third kappa shape index (κ3) is 3.08. The van der Waals surface area contributed by atoms with Crippen molar-refractivity contribution >= 4 is 23.0 Å². The van der Waals surface area contributed by atoms with Crippen LogP contribution in [0.2, 0.25) is 0 Å². The van der Waals surface area contributed by atoms with Gasteiger partial charge in [0.2, 0.25) is 5.11 Å². The Hall–Kier alpha value is -1.53. The molecule has 0 radical (unpaired) electrons. The van der Waals surface area contributed by atoms with Crippen LogP contribution in [-0.4, -0.2) is 15.8 Å². The quantitative estimate of drug-likeness (QED) is 0.280. The predicted octanol–water partition coefficient (Wildman–Crippen LogP) is 0.143. The van der Waals surface area contributed by atoms with E-state index in [1.54, 1.807) is 6.20 Å². The zero-order chi connectivity index (χ0) is 10.4. The van der Waals surface area contributed by atoms with Crippen LogP contribution in [0.25, 0.3) is 0 Å². The summed E-state index contributed by atoms with van der Waals surface area (Å²) in [6.45, 7) is 1.83. The number of nitrogens with one attached hydrogen (secondary N) is 2. The molecule has 6 heteroatoms. The third-order valence-corrected chi connectivity index (χ3v) is 1.70. The Morgan fingerprint density at radius 3 is 2.93 bits per heavy atom. The first-order valence-electron chi connectivity index (χ1n) is 3.96. The van der Waals surface area contributed by atoms with Gasteiger partial charge in [-0.05, 0) is 31.3 Å². The fraction of sp³-hybridized carbons (Fsp3) is 0.125. The number of rotatable bonds is 2. The van der Waals surface area contributed by atoms with Gasteiger partial charge in [0.25, 0.3) is 0 Å². The summed E-state index contributed by atoms with van der Waals surface area (Å²) in [5.41, 5.74) is 6.37. The van der Waals surface area contributed by atoms with Crippen LogP contribution >= 0.6 is 12.2 Å². The lowest BCUT2D eigenvalue weighted by Gasteiger charge is -2.02. The van der Waals surface area contributed by atoms with E-state index in [4.69, 9.17) is 18.1 Å². The molecule has 0 bridgehead atoms. The van der Waals surface area contributed by atoms with Crippen molar-refractivity contribution in [3.05, 3.63) is 30.1 Å². The molecule has 0 saturated carbocycles. The highest BCUT2D eigenvalue weighted by molar-refractivity contribution is 7.80. The maximum absolute atomic E-state index is 5.06. The van der Waals surface area contributed by atoms with E-state index in [2.05, 4.69) is 20.9 Å². The molecule has 0 amide bonds. The van der Waals surface area contributed by atoms with Crippen LogP contribution in [0.5, 0.6) is 0 Å². The predicted molar refractivity (Wildman–Crippen MR) is 59.5 cm³/mol. The van der Waals surface area contributed by atoms with Crippen LogP contribution in [0.1, 0.15) is 12.6 Å². The molecule has 74 valence electrons. The van der Waals surface area contributed by atoms with Crippen LogP contribution in [0.4, 0.5) is 0 Å². The number of hydrogen-bond donors (Lipinski definition) is 3. The van der Waals surface area contributed by atoms with Gasteiger partial charge in [-0.15, -0.1) is 0 Å². The van der Waals surface area contributed by atoms with Gasteiger partial charge in [-0.25, -0.2) is 5.84 Å². The van der Waals surface area contributed by atoms with E-state index in [0.717, 1.165) is 11.4 Å². The number of aromatic nitrogens is 1. The molecule has 0 atom stereocenters. The maximum Gasteiger partial charge on any atom is 0.201 e. The molecule has 0 aliphatic heterocycles. The standard InChI is InChI=1S/C8H11N5S/c1-6(12-13-8(14)11-9)7-4-2-3-5-10-7/h2-5H,9H2,1H3,(H2,11,13,14)/b12-6-. The van der Waals surface area contributed by atoms with Gasteiger partial charge < -0.3 is 0 Å². The average molecular weight is 209 g/mol. The molecular formula is C8H11N5S. The molecule has 14 heavy (non-hydrogen) atoms. The van der Waals surface area contributed by atoms with Gasteiger partial charge in [-0.2, -0.15) is 5.10 Å². The maximum atomic E-state index is 5.06. The number of thiocarbonyl (C=S) groups is 1. The van der Waals surface area contributed by atoms with E-state index in [1.807, 2.05) is 25.1 Å². The van der Waals surface area contributed by atoms with Crippen molar-refractivity contribution in [3.8, 4) is 0 Å². The molecule has 1 aromatic heterocycles. The minimum Gasteiger partial charge on any atom is -0.300 e. The Kier molecular flexibility index (Phi) is 3.96. The lowest BCUT2D eigenvalue weighted by Crippen LogP contribution is -2.37. The van der Waals surface area contributed by atoms with Gasteiger partial charge in [-0.1, -0.05) is 6.07 Å². The summed E-state index contributed by atoms with van der Waals surface area (Å²) in [5, 5.41) is 4.25. The molecule has 0 aliphatic rings. The number of hydrazine groups is 1. The molecule has 0 saturated heterocycles. The van der Waals surface area contributed by atoms with Crippen molar-refractivity contribution in [2.45, 2.75) is 6.92 Å². The smallest absolute Gasteiger partial charge is 0.201 e. The van der Waals surface area contributed by atoms with Crippen molar-refractivity contribution in [2.24, 2.45) is 10.9 Å². The molecule has 0 spiro atoms. The molecule has 0 aromatic carbocycles. The van der Waals surface area contributed by atoms with Gasteiger partial charge >= 0.3 is 0 Å². The summed E-state index contributed by atoms with van der Waals surface area (Å²) in [4.78, 5) is 4.12. The minimum atomic E-state index is 0.264. The summed E-state index contributed by atoms with van der Waals surface area (Å²) in [5.74, 6) is 5.06. The monoisotopic (exact) mass is 209 g/mol. The van der Waals surface area contributed by atoms with E-state index in [9.17, 15) is 0 Å². The molecule has 0 aliphatic carbocycles. The minimum absolute atomic E-state index is 0.264. The molecule has 5 nitrogen and oxygen atoms in total. The van der Waals surface area contributed by atoms with Crippen molar-refractivity contribution in [1.29, 1.82) is 0 Å². The third-order valence-electron chi connectivity index (χ3n) is 1.49. The first-order valence-corrected chi connectivity index (χ1v) is 4.37. The number of hydrogen-bond acceptors (Lipinski definition) is 4. The largest absolute Gasteiger partial charge is 0.300 e. The van der Waals surface area contributed by atoms with Crippen molar-refractivity contribution in [3.63, 3.8) is 0 Å². The van der Waals surface area contributed by atoms with Gasteiger partial charge in [0, 0.05) is 6.20 Å². The van der Waals surface area contributed by atoms with E-state index >= 15 is 0 Å². The molecule has 1 heterocycles. The highest BCUT2D eigenvalue weighted by atomic mass is 32.1. The van der Waals surface area contributed by atoms with Crippen LogP contribution in [0.15, 0.2) is 29.5 Å². The average Bonchev–Trinajstić information content (AvgIpc) is 2.26. The highest BCUT2D eigenvalue weighted by Gasteiger charge is 1.96. The molecule has 0 unspecified atom stereocenters. The van der Waals surface area contributed by atoms with E-state index in [1.165, 1.54) is 0 Å². The summed E-state index contributed by atoms with van der Waals surface area (Å²) in [7, 11) is 0. The Bertz CT molecular complexity index is 335. The summed E-state index contributed by atoms with van der Waals surface area (Å²) in [6.07, 6.45) is 1.70. The molecule has 4 N–H and O–H groups in total. The summed E-state index contributed by atoms with van der Waals surface area (Å²) >= 11 is 4.75. The first-order chi connectivity index (χ1) is 6.74. The van der Waals surface area contributed by atoms with Gasteiger partial charge in [0.15, 0.2) is 0 Å². The second-order valence-corrected chi connectivity index (χ2v) is 2.91. The summed E-state index contributed by atoms with van der Waals surface area (Å²) in [6, 6.07) is 5.59. The Morgan fingerprint density at radius 2 is 2.36 bits per heavy atom. The van der Waals surface area contributed by atoms with E-state index < -0.39 is 0 Å². The molecule has 1 aromatic rings. The topological polar surface area (TPSA) is 75.3 Å². The number of nitrogens with two attached hydrogens (primary N) is 1. The Morgan fingerprint density at radius 1 is 1.57 bits per heavy atom. The van der Waals surface area contributed by atoms with Gasteiger partial charge in [-0.3, -0.25) is 15.8 Å². The first kappa shape index (κ1) is 10.6. The fourth-order valence-corrected chi connectivity index (χ4v) is 0.847. The summed E-state index contributed by atoms with van der Waals surface area (Å²) < 4.78 is 0. The zero-order valence-electron chi connectivity index (χ0n) is 7.69. The zero-order valence-corrected chi connectivity index (χ0v) is 8.51. The fourth-order valence-electron chi connectivity index (χ4n) is 0.801. The van der Waals surface area contributed by atoms with Crippen molar-refractivity contribution in [2.75, 3.05) is 0 Å². The lowest BCUT2D eigenvalue weighted by molar-refractivity contribution is 0.924. The second-order valence-electron chi connectivity index (χ2n) is 2.50. The van der Waals surface area contributed by atoms with E-state index in [-0.39, 0.29) is 5.11 Å². The van der Waals surface area contributed by atoms with Crippen molar-refractivity contribution < 1.29 is 0 Å². The second kappa shape index (κ2) is 5.25. The molecule has 1 rings (SSSR count). The Balaban J connectivity index is 2.66. The molecule has 0 fully saturated rings.